The van der Waals surface area contributed by atoms with Crippen molar-refractivity contribution in [3.05, 3.63) is 23.2 Å². The number of hydrogen-bond donors (Lipinski definition) is 0. The van der Waals surface area contributed by atoms with Gasteiger partial charge in [-0.05, 0) is 20.3 Å². The molecule has 136 valence electrons. The van der Waals surface area contributed by atoms with Gasteiger partial charge in [0.1, 0.15) is 10.9 Å². The highest BCUT2D eigenvalue weighted by molar-refractivity contribution is 7.90. The Morgan fingerprint density at radius 2 is 2.04 bits per heavy atom. The summed E-state index contributed by atoms with van der Waals surface area (Å²) >= 11 is 5.77. The van der Waals surface area contributed by atoms with Gasteiger partial charge in [0.2, 0.25) is 15.8 Å². The smallest absolute Gasteiger partial charge is 0.291 e. The number of rotatable bonds is 2. The number of ether oxygens (including phenoxy) is 1. The molecule has 1 amide bonds. The van der Waals surface area contributed by atoms with Gasteiger partial charge in [0.25, 0.3) is 5.91 Å². The molecule has 3 fully saturated rings. The molecule has 0 aromatic carbocycles. The summed E-state index contributed by atoms with van der Waals surface area (Å²) in [6, 6.07) is -0.141. The number of nitrogens with zero attached hydrogens (tertiary/aromatic N) is 4. The van der Waals surface area contributed by atoms with E-state index in [1.807, 2.05) is 13.8 Å². The normalized spacial score (nSPS) is 33.7. The topological polar surface area (TPSA) is 92.7 Å². The summed E-state index contributed by atoms with van der Waals surface area (Å²) in [5, 5.41) is -0.247. The second-order valence-electron chi connectivity index (χ2n) is 7.12. The first-order chi connectivity index (χ1) is 11.7. The van der Waals surface area contributed by atoms with Crippen LogP contribution in [-0.2, 0) is 14.8 Å². The first-order valence-electron chi connectivity index (χ1n) is 8.18. The molecule has 4 heterocycles. The first-order valence-corrected chi connectivity index (χ1v) is 10.1. The van der Waals surface area contributed by atoms with E-state index in [4.69, 9.17) is 16.3 Å². The molecule has 8 nitrogen and oxygen atoms in total. The van der Waals surface area contributed by atoms with E-state index >= 15 is 0 Å². The highest BCUT2D eigenvalue weighted by Gasteiger charge is 2.66. The molecule has 1 aromatic heterocycles. The fourth-order valence-electron chi connectivity index (χ4n) is 4.09. The Kier molecular flexibility index (Phi) is 3.84. The van der Waals surface area contributed by atoms with Crippen LogP contribution in [-0.4, -0.2) is 76.1 Å². The van der Waals surface area contributed by atoms with Crippen molar-refractivity contribution >= 4 is 27.5 Å². The van der Waals surface area contributed by atoms with Crippen LogP contribution in [0, 0.1) is 0 Å². The van der Waals surface area contributed by atoms with Crippen LogP contribution in [0.1, 0.15) is 30.9 Å². The van der Waals surface area contributed by atoms with Crippen LogP contribution in [0.4, 0.5) is 0 Å². The van der Waals surface area contributed by atoms with E-state index in [0.717, 1.165) is 0 Å². The average molecular weight is 387 g/mol. The van der Waals surface area contributed by atoms with Crippen molar-refractivity contribution in [3.8, 4) is 0 Å². The summed E-state index contributed by atoms with van der Waals surface area (Å²) < 4.78 is 33.3. The van der Waals surface area contributed by atoms with Crippen LogP contribution < -0.4 is 0 Å². The van der Waals surface area contributed by atoms with Crippen molar-refractivity contribution in [2.75, 3.05) is 19.6 Å². The molecule has 0 saturated carbocycles. The van der Waals surface area contributed by atoms with Gasteiger partial charge in [-0.15, -0.1) is 0 Å². The predicted octanol–water partition coefficient (Wildman–Crippen LogP) is 0.536. The molecule has 10 heteroatoms. The zero-order valence-corrected chi connectivity index (χ0v) is 15.5. The number of aromatic nitrogens is 2. The number of carbonyl (C=O) groups excluding carboxylic acids is 1. The summed E-state index contributed by atoms with van der Waals surface area (Å²) in [6.45, 7) is 4.54. The molecule has 4 rings (SSSR count). The lowest BCUT2D eigenvalue weighted by Gasteiger charge is -2.39. The zero-order chi connectivity index (χ0) is 18.0. The van der Waals surface area contributed by atoms with E-state index in [2.05, 4.69) is 9.97 Å². The second kappa shape index (κ2) is 5.60. The second-order valence-corrected chi connectivity index (χ2v) is 9.63. The summed E-state index contributed by atoms with van der Waals surface area (Å²) in [6.07, 6.45) is 2.88. The number of morpholine rings is 1. The van der Waals surface area contributed by atoms with Gasteiger partial charge in [-0.25, -0.2) is 18.4 Å². The monoisotopic (exact) mass is 386 g/mol. The van der Waals surface area contributed by atoms with E-state index in [-0.39, 0.29) is 37.0 Å². The summed E-state index contributed by atoms with van der Waals surface area (Å²) in [7, 11) is -3.43. The Labute approximate surface area is 151 Å². The molecular formula is C15H19ClN4O4S. The lowest BCUT2D eigenvalue weighted by Crippen LogP contribution is -2.56. The van der Waals surface area contributed by atoms with Gasteiger partial charge < -0.3 is 9.64 Å². The minimum atomic E-state index is -3.43. The molecule has 0 radical (unpaired) electrons. The fraction of sp³-hybridized carbons (Fsp3) is 0.667. The maximum absolute atomic E-state index is 12.8. The van der Waals surface area contributed by atoms with Crippen molar-refractivity contribution in [2.24, 2.45) is 0 Å². The zero-order valence-electron chi connectivity index (χ0n) is 13.9. The Morgan fingerprint density at radius 3 is 2.68 bits per heavy atom. The van der Waals surface area contributed by atoms with Gasteiger partial charge in [-0.2, -0.15) is 4.31 Å². The van der Waals surface area contributed by atoms with Crippen molar-refractivity contribution in [3.63, 3.8) is 0 Å². The Bertz CT molecular complexity index is 815. The van der Waals surface area contributed by atoms with E-state index in [1.54, 1.807) is 4.90 Å². The maximum Gasteiger partial charge on any atom is 0.291 e. The Hall–Kier alpha value is -1.29. The van der Waals surface area contributed by atoms with E-state index in [1.165, 1.54) is 16.7 Å². The highest BCUT2D eigenvalue weighted by atomic mass is 35.5. The molecule has 2 bridgehead atoms. The minimum absolute atomic E-state index is 0.0558. The van der Waals surface area contributed by atoms with Crippen LogP contribution in [0.5, 0.6) is 0 Å². The Morgan fingerprint density at radius 1 is 1.36 bits per heavy atom. The number of carbonyl (C=O) groups is 1. The van der Waals surface area contributed by atoms with Crippen LogP contribution in [0.25, 0.3) is 0 Å². The van der Waals surface area contributed by atoms with Crippen molar-refractivity contribution in [1.82, 2.24) is 19.2 Å². The molecule has 0 aliphatic carbocycles. The summed E-state index contributed by atoms with van der Waals surface area (Å²) in [4.78, 5) is 22.3. The number of hydrogen-bond acceptors (Lipinski definition) is 6. The number of fused-ring (bicyclic) bond motifs is 1. The predicted molar refractivity (Wildman–Crippen MR) is 89.7 cm³/mol. The summed E-state index contributed by atoms with van der Waals surface area (Å²) in [5.41, 5.74) is -0.867. The lowest BCUT2D eigenvalue weighted by atomic mass is 9.99. The average Bonchev–Trinajstić information content (AvgIpc) is 2.93. The van der Waals surface area contributed by atoms with Crippen LogP contribution in [0.2, 0.25) is 5.02 Å². The van der Waals surface area contributed by atoms with Crippen LogP contribution >= 0.6 is 11.6 Å². The third-order valence-corrected chi connectivity index (χ3v) is 7.87. The fourth-order valence-corrected chi connectivity index (χ4v) is 6.70. The van der Waals surface area contributed by atoms with Crippen molar-refractivity contribution < 1.29 is 17.9 Å². The maximum atomic E-state index is 12.8. The quantitative estimate of drug-likeness (QED) is 0.736. The standard InChI is InChI=1S/C15H19ClN4O4S/c1-9(2)20-8-15-7-19(14(21)13-17-4-10(16)5-18-13)6-11(24-15)3-12(15)25(20,22)23/h4-5,9,11-12H,3,6-8H2,1-2H3/t11-,12+,15?/m1/s1. The highest BCUT2D eigenvalue weighted by Crippen LogP contribution is 2.47. The van der Waals surface area contributed by atoms with Crippen LogP contribution in [0.3, 0.4) is 0 Å². The molecular weight excluding hydrogens is 368 g/mol. The van der Waals surface area contributed by atoms with Gasteiger partial charge in [-0.1, -0.05) is 11.6 Å². The van der Waals surface area contributed by atoms with Gasteiger partial charge in [0.15, 0.2) is 0 Å². The number of sulfonamides is 1. The number of likely N-dealkylation sites (tertiary alicyclic amines) is 1. The molecule has 3 aliphatic rings. The minimum Gasteiger partial charge on any atom is -0.365 e. The SMILES string of the molecule is CC(C)N1CC23CN(C(=O)c4ncc(Cl)cn4)C[C@@H](C[C@@H]2S1(=O)=O)O3. The van der Waals surface area contributed by atoms with Gasteiger partial charge in [0.05, 0.1) is 17.7 Å². The first kappa shape index (κ1) is 17.1. The van der Waals surface area contributed by atoms with Crippen molar-refractivity contribution in [2.45, 2.75) is 43.3 Å². The van der Waals surface area contributed by atoms with Gasteiger partial charge in [0, 0.05) is 31.5 Å². The third-order valence-electron chi connectivity index (χ3n) is 5.13. The Balaban J connectivity index is 1.63. The van der Waals surface area contributed by atoms with Gasteiger partial charge >= 0.3 is 0 Å². The van der Waals surface area contributed by atoms with E-state index in [9.17, 15) is 13.2 Å². The van der Waals surface area contributed by atoms with E-state index < -0.39 is 20.9 Å². The third kappa shape index (κ3) is 2.56. The molecule has 1 aromatic rings. The molecule has 3 saturated heterocycles. The molecule has 25 heavy (non-hydrogen) atoms. The molecule has 1 spiro atoms. The largest absolute Gasteiger partial charge is 0.365 e. The number of amides is 1. The van der Waals surface area contributed by atoms with Crippen molar-refractivity contribution in [1.29, 1.82) is 0 Å². The summed E-state index contributed by atoms with van der Waals surface area (Å²) in [5.74, 6) is -0.273. The molecule has 0 N–H and O–H groups in total. The molecule has 1 unspecified atom stereocenters. The van der Waals surface area contributed by atoms with Gasteiger partial charge in [-0.3, -0.25) is 4.79 Å². The van der Waals surface area contributed by atoms with Crippen LogP contribution in [0.15, 0.2) is 12.4 Å². The molecule has 3 atom stereocenters. The lowest BCUT2D eigenvalue weighted by molar-refractivity contribution is -0.0990. The molecule has 3 aliphatic heterocycles. The number of halogens is 1. The van der Waals surface area contributed by atoms with E-state index in [0.29, 0.717) is 18.0 Å².